The van der Waals surface area contributed by atoms with Gasteiger partial charge in [0.25, 0.3) is 0 Å². The van der Waals surface area contributed by atoms with Gasteiger partial charge in [-0.2, -0.15) is 0 Å². The first-order chi connectivity index (χ1) is 10.3. The van der Waals surface area contributed by atoms with E-state index in [2.05, 4.69) is 29.9 Å². The Kier molecular flexibility index (Phi) is 4.17. The average Bonchev–Trinajstić information content (AvgIpc) is 2.77. The van der Waals surface area contributed by atoms with Crippen molar-refractivity contribution in [2.24, 2.45) is 0 Å². The summed E-state index contributed by atoms with van der Waals surface area (Å²) in [6.07, 6.45) is 0.647. The second kappa shape index (κ2) is 5.82. The number of fused-ring (bicyclic) bond motifs is 4. The van der Waals surface area contributed by atoms with Gasteiger partial charge in [-0.15, -0.1) is 11.3 Å². The van der Waals surface area contributed by atoms with Gasteiger partial charge >= 0.3 is 6.09 Å². The monoisotopic (exact) mass is 340 g/mol. The van der Waals surface area contributed by atoms with Crippen molar-refractivity contribution in [1.82, 2.24) is 15.2 Å². The van der Waals surface area contributed by atoms with E-state index in [1.807, 2.05) is 4.90 Å². The van der Waals surface area contributed by atoms with Crippen LogP contribution in [0.3, 0.4) is 0 Å². The van der Waals surface area contributed by atoms with Crippen molar-refractivity contribution in [2.75, 3.05) is 25.4 Å². The second-order valence-electron chi connectivity index (χ2n) is 7.31. The Hall–Kier alpha value is -1.12. The number of aromatic nitrogens is 1. The molecule has 2 aliphatic rings. The number of piperazine rings is 1. The number of ether oxygens (including phenoxy) is 1. The van der Waals surface area contributed by atoms with E-state index in [0.29, 0.717) is 24.8 Å². The molecule has 1 saturated heterocycles. The molecule has 2 unspecified atom stereocenters. The van der Waals surface area contributed by atoms with Crippen LogP contribution in [0.1, 0.15) is 16.6 Å². The van der Waals surface area contributed by atoms with Crippen molar-refractivity contribution in [3.05, 3.63) is 10.6 Å². The molecule has 2 aliphatic heterocycles. The molecule has 22 heavy (non-hydrogen) atoms. The van der Waals surface area contributed by atoms with E-state index < -0.39 is 8.07 Å². The van der Waals surface area contributed by atoms with Gasteiger partial charge in [0, 0.05) is 38.5 Å². The van der Waals surface area contributed by atoms with Crippen LogP contribution in [0.2, 0.25) is 25.7 Å². The first-order valence-corrected chi connectivity index (χ1v) is 12.3. The third-order valence-corrected chi connectivity index (χ3v) is 6.86. The smallest absolute Gasteiger partial charge is 0.409 e. The van der Waals surface area contributed by atoms with Gasteiger partial charge in [0.15, 0.2) is 5.13 Å². The number of thiazole rings is 1. The lowest BCUT2D eigenvalue weighted by Crippen LogP contribution is -2.57. The minimum absolute atomic E-state index is 0.141. The summed E-state index contributed by atoms with van der Waals surface area (Å²) in [5.41, 5.74) is 6.92. The standard InChI is InChI=1S/C14H24N4O2SSi/c1-22(2,3)5-4-20-14(19)18-7-9-6-10-12(11(8-18)16-9)21-13(15)17-10/h9,11,16H,4-8H2,1-3H3,(H2,15,17). The maximum absolute atomic E-state index is 12.3. The average molecular weight is 341 g/mol. The zero-order chi connectivity index (χ0) is 15.9. The van der Waals surface area contributed by atoms with Gasteiger partial charge in [0.05, 0.1) is 18.3 Å². The fourth-order valence-corrected chi connectivity index (χ4v) is 4.58. The number of amides is 1. The van der Waals surface area contributed by atoms with Gasteiger partial charge in [-0.3, -0.25) is 0 Å². The topological polar surface area (TPSA) is 80.5 Å². The lowest BCUT2D eigenvalue weighted by atomic mass is 9.97. The molecule has 0 aromatic carbocycles. The largest absolute Gasteiger partial charge is 0.450 e. The van der Waals surface area contributed by atoms with Gasteiger partial charge in [-0.1, -0.05) is 19.6 Å². The number of carbonyl (C=O) groups is 1. The van der Waals surface area contributed by atoms with Crippen molar-refractivity contribution in [2.45, 2.75) is 44.2 Å². The van der Waals surface area contributed by atoms with Crippen LogP contribution < -0.4 is 11.1 Å². The van der Waals surface area contributed by atoms with E-state index in [1.165, 1.54) is 16.2 Å². The maximum Gasteiger partial charge on any atom is 0.409 e. The third kappa shape index (κ3) is 3.44. The number of nitrogen functional groups attached to an aromatic ring is 1. The molecule has 3 N–H and O–H groups in total. The van der Waals surface area contributed by atoms with E-state index in [1.54, 1.807) is 0 Å². The Morgan fingerprint density at radius 1 is 1.50 bits per heavy atom. The van der Waals surface area contributed by atoms with Crippen LogP contribution in [0.15, 0.2) is 0 Å². The van der Waals surface area contributed by atoms with Crippen molar-refractivity contribution in [1.29, 1.82) is 0 Å². The Balaban J connectivity index is 1.60. The molecular formula is C14H24N4O2SSi. The number of nitrogens with two attached hydrogens (primary N) is 1. The van der Waals surface area contributed by atoms with Crippen LogP contribution in [0, 0.1) is 0 Å². The molecule has 6 nitrogen and oxygen atoms in total. The molecule has 122 valence electrons. The highest BCUT2D eigenvalue weighted by molar-refractivity contribution is 7.15. The van der Waals surface area contributed by atoms with Crippen molar-refractivity contribution < 1.29 is 9.53 Å². The highest BCUT2D eigenvalue weighted by atomic mass is 32.1. The molecule has 0 saturated carbocycles. The Morgan fingerprint density at radius 3 is 3.00 bits per heavy atom. The Bertz CT molecular complexity index is 572. The zero-order valence-corrected chi connectivity index (χ0v) is 15.2. The first-order valence-electron chi connectivity index (χ1n) is 7.74. The summed E-state index contributed by atoms with van der Waals surface area (Å²) in [5.74, 6) is 0. The molecule has 8 heteroatoms. The van der Waals surface area contributed by atoms with E-state index in [4.69, 9.17) is 10.5 Å². The summed E-state index contributed by atoms with van der Waals surface area (Å²) < 4.78 is 5.47. The Labute approximate surface area is 136 Å². The number of rotatable bonds is 3. The van der Waals surface area contributed by atoms with Crippen molar-refractivity contribution >= 4 is 30.6 Å². The molecule has 1 aromatic heterocycles. The quantitative estimate of drug-likeness (QED) is 0.823. The lowest BCUT2D eigenvalue weighted by Gasteiger charge is -2.41. The molecule has 0 aliphatic carbocycles. The van der Waals surface area contributed by atoms with Crippen LogP contribution in [-0.2, 0) is 11.2 Å². The van der Waals surface area contributed by atoms with Crippen LogP contribution in [0.25, 0.3) is 0 Å². The minimum Gasteiger partial charge on any atom is -0.450 e. The number of nitrogens with one attached hydrogen (secondary N) is 1. The molecule has 2 atom stereocenters. The predicted octanol–water partition coefficient (Wildman–Crippen LogP) is 2.07. The molecule has 3 heterocycles. The number of carbonyl (C=O) groups excluding carboxylic acids is 1. The summed E-state index contributed by atoms with van der Waals surface area (Å²) in [6.45, 7) is 8.70. The van der Waals surface area contributed by atoms with Crippen LogP contribution >= 0.6 is 11.3 Å². The minimum atomic E-state index is -1.17. The van der Waals surface area contributed by atoms with E-state index in [0.717, 1.165) is 18.2 Å². The molecule has 2 bridgehead atoms. The summed E-state index contributed by atoms with van der Waals surface area (Å²) >= 11 is 1.52. The Morgan fingerprint density at radius 2 is 2.27 bits per heavy atom. The SMILES string of the molecule is C[Si](C)(C)CCOC(=O)N1CC2Cc3nc(N)sc3C(C1)N2. The van der Waals surface area contributed by atoms with Crippen LogP contribution in [-0.4, -0.2) is 49.8 Å². The number of hydrogen-bond donors (Lipinski definition) is 2. The highest BCUT2D eigenvalue weighted by Gasteiger charge is 2.37. The van der Waals surface area contributed by atoms with Gasteiger partial charge in [0.1, 0.15) is 0 Å². The second-order valence-corrected chi connectivity index (χ2v) is 14.0. The van der Waals surface area contributed by atoms with Gasteiger partial charge in [-0.05, 0) is 6.04 Å². The molecule has 0 radical (unpaired) electrons. The number of anilines is 1. The first kappa shape index (κ1) is 15.8. The van der Waals surface area contributed by atoms with Crippen molar-refractivity contribution in [3.8, 4) is 0 Å². The number of nitrogens with zero attached hydrogens (tertiary/aromatic N) is 2. The summed E-state index contributed by atoms with van der Waals surface area (Å²) in [5, 5.41) is 4.17. The van der Waals surface area contributed by atoms with Gasteiger partial charge in [-0.25, -0.2) is 9.78 Å². The normalized spacial score (nSPS) is 24.0. The summed E-state index contributed by atoms with van der Waals surface area (Å²) in [6, 6.07) is 1.40. The molecular weight excluding hydrogens is 316 g/mol. The summed E-state index contributed by atoms with van der Waals surface area (Å²) in [4.78, 5) is 19.7. The summed E-state index contributed by atoms with van der Waals surface area (Å²) in [7, 11) is -1.17. The molecule has 3 rings (SSSR count). The highest BCUT2D eigenvalue weighted by Crippen LogP contribution is 2.35. The molecule has 1 fully saturated rings. The third-order valence-electron chi connectivity index (χ3n) is 4.12. The predicted molar refractivity (Wildman–Crippen MR) is 91.0 cm³/mol. The molecule has 0 spiro atoms. The fourth-order valence-electron chi connectivity index (χ4n) is 2.95. The van der Waals surface area contributed by atoms with Gasteiger partial charge in [0.2, 0.25) is 0 Å². The van der Waals surface area contributed by atoms with Crippen molar-refractivity contribution in [3.63, 3.8) is 0 Å². The van der Waals surface area contributed by atoms with E-state index >= 15 is 0 Å². The van der Waals surface area contributed by atoms with Crippen LogP contribution in [0.5, 0.6) is 0 Å². The van der Waals surface area contributed by atoms with Gasteiger partial charge < -0.3 is 20.7 Å². The fraction of sp³-hybridized carbons (Fsp3) is 0.714. The van der Waals surface area contributed by atoms with E-state index in [9.17, 15) is 4.79 Å². The van der Waals surface area contributed by atoms with E-state index in [-0.39, 0.29) is 18.2 Å². The molecule has 1 amide bonds. The number of hydrogen-bond acceptors (Lipinski definition) is 6. The molecule has 1 aromatic rings. The van der Waals surface area contributed by atoms with Crippen LogP contribution in [0.4, 0.5) is 9.93 Å². The zero-order valence-electron chi connectivity index (χ0n) is 13.4. The maximum atomic E-state index is 12.3. The lowest BCUT2D eigenvalue weighted by molar-refractivity contribution is 0.0821.